The van der Waals surface area contributed by atoms with E-state index in [1.165, 1.54) is 0 Å². The van der Waals surface area contributed by atoms with E-state index in [0.717, 1.165) is 17.6 Å². The number of carbonyl (C=O) groups excluding carboxylic acids is 1. The van der Waals surface area contributed by atoms with Crippen LogP contribution in [-0.4, -0.2) is 37.2 Å². The molecule has 0 aliphatic heterocycles. The highest BCUT2D eigenvalue weighted by Gasteiger charge is 2.22. The van der Waals surface area contributed by atoms with Gasteiger partial charge >= 0.3 is 5.97 Å². The van der Waals surface area contributed by atoms with Crippen molar-refractivity contribution in [2.75, 3.05) is 12.9 Å². The minimum Gasteiger partial charge on any atom is -0.462 e. The molecule has 7 nitrogen and oxygen atoms in total. The number of aryl methyl sites for hydroxylation is 1. The number of fused-ring (bicyclic) bond motifs is 1. The molecule has 0 fully saturated rings. The smallest absolute Gasteiger partial charge is 0.348 e. The molecule has 2 rings (SSSR count). The average Bonchev–Trinajstić information content (AvgIpc) is 2.66. The second-order valence-electron chi connectivity index (χ2n) is 4.10. The lowest BCUT2D eigenvalue weighted by atomic mass is 10.2. The summed E-state index contributed by atoms with van der Waals surface area (Å²) in [7, 11) is -3.63. The van der Waals surface area contributed by atoms with E-state index >= 15 is 0 Å². The lowest BCUT2D eigenvalue weighted by Crippen LogP contribution is -2.14. The number of rotatable bonds is 3. The van der Waals surface area contributed by atoms with Gasteiger partial charge in [-0.2, -0.15) is 0 Å². The molecule has 0 unspecified atom stereocenters. The number of H-pyrrole nitrogens is 1. The Hall–Kier alpha value is -1.74. The number of nitrogens with zero attached hydrogens (tertiary/aromatic N) is 1. The second kappa shape index (κ2) is 4.98. The number of nitrogens with one attached hydrogen (secondary N) is 1. The third-order valence-corrected chi connectivity index (χ3v) is 4.65. The van der Waals surface area contributed by atoms with Crippen molar-refractivity contribution >= 4 is 37.4 Å². The Bertz CT molecular complexity index is 848. The van der Waals surface area contributed by atoms with Crippen LogP contribution in [0.1, 0.15) is 22.2 Å². The molecule has 0 aromatic carbocycles. The highest BCUT2D eigenvalue weighted by molar-refractivity contribution is 7.90. The molecule has 0 aliphatic rings. The van der Waals surface area contributed by atoms with Crippen molar-refractivity contribution in [3.8, 4) is 0 Å². The molecule has 2 aromatic heterocycles. The minimum atomic E-state index is -3.63. The summed E-state index contributed by atoms with van der Waals surface area (Å²) >= 11 is 0.946. The van der Waals surface area contributed by atoms with Gasteiger partial charge in [0.05, 0.1) is 12.0 Å². The summed E-state index contributed by atoms with van der Waals surface area (Å²) in [5.74, 6) is -0.548. The van der Waals surface area contributed by atoms with Crippen molar-refractivity contribution in [1.29, 1.82) is 0 Å². The average molecular weight is 316 g/mol. The molecule has 0 spiro atoms. The van der Waals surface area contributed by atoms with Gasteiger partial charge in [-0.15, -0.1) is 11.3 Å². The third-order valence-electron chi connectivity index (χ3n) is 2.59. The number of aromatic nitrogens is 2. The largest absolute Gasteiger partial charge is 0.462 e. The number of hydrogen-bond donors (Lipinski definition) is 1. The Morgan fingerprint density at radius 2 is 2.10 bits per heavy atom. The first-order chi connectivity index (χ1) is 9.25. The van der Waals surface area contributed by atoms with Crippen LogP contribution in [0, 0.1) is 6.92 Å². The van der Waals surface area contributed by atoms with Gasteiger partial charge in [-0.05, 0) is 19.4 Å². The Morgan fingerprint density at radius 1 is 1.45 bits per heavy atom. The summed E-state index contributed by atoms with van der Waals surface area (Å²) in [6.45, 7) is 3.49. The molecule has 108 valence electrons. The number of sulfone groups is 1. The van der Waals surface area contributed by atoms with Gasteiger partial charge in [0.2, 0.25) is 15.0 Å². The zero-order valence-electron chi connectivity index (χ0n) is 11.0. The topological polar surface area (TPSA) is 106 Å². The number of esters is 1. The first-order valence-corrected chi connectivity index (χ1v) is 8.37. The summed E-state index contributed by atoms with van der Waals surface area (Å²) in [6, 6.07) is 0. The molecule has 0 saturated heterocycles. The normalized spacial score (nSPS) is 11.8. The van der Waals surface area contributed by atoms with Gasteiger partial charge in [-0.1, -0.05) is 0 Å². The Morgan fingerprint density at radius 3 is 2.65 bits per heavy atom. The maximum absolute atomic E-state index is 12.0. The van der Waals surface area contributed by atoms with Gasteiger partial charge in [0, 0.05) is 6.26 Å². The first kappa shape index (κ1) is 14.7. The van der Waals surface area contributed by atoms with Crippen molar-refractivity contribution in [2.45, 2.75) is 19.0 Å². The van der Waals surface area contributed by atoms with Crippen molar-refractivity contribution in [3.05, 3.63) is 20.8 Å². The molecule has 0 atom stereocenters. The maximum Gasteiger partial charge on any atom is 0.348 e. The Balaban J connectivity index is 2.75. The molecule has 1 N–H and O–H groups in total. The van der Waals surface area contributed by atoms with Crippen LogP contribution in [0.3, 0.4) is 0 Å². The maximum atomic E-state index is 12.0. The van der Waals surface area contributed by atoms with E-state index < -0.39 is 26.5 Å². The highest BCUT2D eigenvalue weighted by Crippen LogP contribution is 2.27. The van der Waals surface area contributed by atoms with Crippen LogP contribution < -0.4 is 5.56 Å². The molecule has 0 amide bonds. The molecule has 2 aromatic rings. The van der Waals surface area contributed by atoms with Crippen LogP contribution in [0.5, 0.6) is 0 Å². The van der Waals surface area contributed by atoms with Gasteiger partial charge in [0.25, 0.3) is 5.56 Å². The molecule has 0 radical (unpaired) electrons. The van der Waals surface area contributed by atoms with Gasteiger partial charge in [-0.3, -0.25) is 9.78 Å². The lowest BCUT2D eigenvalue weighted by molar-refractivity contribution is 0.0531. The van der Waals surface area contributed by atoms with Crippen LogP contribution in [0.15, 0.2) is 9.95 Å². The summed E-state index contributed by atoms with van der Waals surface area (Å²) in [5, 5.41) is -0.197. The fourth-order valence-corrected chi connectivity index (χ4v) is 3.36. The van der Waals surface area contributed by atoms with Gasteiger partial charge in [0.15, 0.2) is 0 Å². The summed E-state index contributed by atoms with van der Waals surface area (Å²) in [5.41, 5.74) is -0.142. The van der Waals surface area contributed by atoms with Crippen molar-refractivity contribution in [3.63, 3.8) is 0 Å². The highest BCUT2D eigenvalue weighted by atomic mass is 32.2. The minimum absolute atomic E-state index is 0.203. The summed E-state index contributed by atoms with van der Waals surface area (Å²) < 4.78 is 27.8. The van der Waals surface area contributed by atoms with E-state index in [1.807, 2.05) is 0 Å². The number of carbonyl (C=O) groups is 1. The summed E-state index contributed by atoms with van der Waals surface area (Å²) in [4.78, 5) is 30.3. The Labute approximate surface area is 118 Å². The van der Waals surface area contributed by atoms with E-state index in [-0.39, 0.29) is 21.7 Å². The van der Waals surface area contributed by atoms with Gasteiger partial charge in [0.1, 0.15) is 9.71 Å². The van der Waals surface area contributed by atoms with Gasteiger partial charge in [-0.25, -0.2) is 18.2 Å². The quantitative estimate of drug-likeness (QED) is 0.665. The van der Waals surface area contributed by atoms with E-state index in [2.05, 4.69) is 9.97 Å². The zero-order chi connectivity index (χ0) is 15.1. The molecule has 20 heavy (non-hydrogen) atoms. The molecular formula is C11H12N2O5S2. The van der Waals surface area contributed by atoms with Crippen molar-refractivity contribution in [1.82, 2.24) is 9.97 Å². The van der Waals surface area contributed by atoms with Gasteiger partial charge < -0.3 is 4.74 Å². The lowest BCUT2D eigenvalue weighted by Gasteiger charge is -1.99. The predicted octanol–water partition coefficient (Wildman–Crippen LogP) is 0.873. The summed E-state index contributed by atoms with van der Waals surface area (Å²) in [6.07, 6.45) is 0.948. The molecule has 0 aliphatic carbocycles. The fraction of sp³-hybridized carbons (Fsp3) is 0.364. The standard InChI is InChI=1S/C11H12N2O5S2/c1-4-18-10(15)7-5(2)6-8(14)12-11(20(3,16)17)13-9(6)19-7/h4H2,1-3H3,(H,12,13,14). The van der Waals surface area contributed by atoms with Crippen LogP contribution >= 0.6 is 11.3 Å². The van der Waals surface area contributed by atoms with Crippen LogP contribution in [-0.2, 0) is 14.6 Å². The number of hydrogen-bond acceptors (Lipinski definition) is 7. The number of ether oxygens (including phenoxy) is 1. The van der Waals surface area contributed by atoms with E-state index in [4.69, 9.17) is 4.74 Å². The molecule has 9 heteroatoms. The molecule has 0 saturated carbocycles. The SMILES string of the molecule is CCOC(=O)c1sc2nc(S(C)(=O)=O)[nH]c(=O)c2c1C. The van der Waals surface area contributed by atoms with E-state index in [1.54, 1.807) is 13.8 Å². The number of thiophene rings is 1. The van der Waals surface area contributed by atoms with Crippen LogP contribution in [0.25, 0.3) is 10.2 Å². The fourth-order valence-electron chi connectivity index (χ4n) is 1.69. The van der Waals surface area contributed by atoms with Crippen molar-refractivity contribution < 1.29 is 17.9 Å². The third kappa shape index (κ3) is 2.46. The Kier molecular flexibility index (Phi) is 3.65. The zero-order valence-corrected chi connectivity index (χ0v) is 12.6. The van der Waals surface area contributed by atoms with E-state index in [0.29, 0.717) is 5.56 Å². The monoisotopic (exact) mass is 316 g/mol. The van der Waals surface area contributed by atoms with Crippen LogP contribution in [0.4, 0.5) is 0 Å². The molecule has 0 bridgehead atoms. The number of aromatic amines is 1. The van der Waals surface area contributed by atoms with Crippen LogP contribution in [0.2, 0.25) is 0 Å². The predicted molar refractivity (Wildman–Crippen MR) is 74.0 cm³/mol. The second-order valence-corrected chi connectivity index (χ2v) is 7.03. The van der Waals surface area contributed by atoms with Crippen molar-refractivity contribution in [2.24, 2.45) is 0 Å². The van der Waals surface area contributed by atoms with E-state index in [9.17, 15) is 18.0 Å². The molecule has 2 heterocycles. The first-order valence-electron chi connectivity index (χ1n) is 5.66. The molecular weight excluding hydrogens is 304 g/mol.